The molecule has 32 heavy (non-hydrogen) atoms. The molecule has 0 unspecified atom stereocenters. The van der Waals surface area contributed by atoms with E-state index in [-0.39, 0.29) is 0 Å². The van der Waals surface area contributed by atoms with Gasteiger partial charge in [-0.1, -0.05) is 0 Å². The van der Waals surface area contributed by atoms with Gasteiger partial charge in [-0.15, -0.1) is 0 Å². The molecule has 0 amide bonds. The summed E-state index contributed by atoms with van der Waals surface area (Å²) in [7, 11) is -10.9. The molecule has 8 nitrogen and oxygen atoms in total. The lowest BCUT2D eigenvalue weighted by Gasteiger charge is -2.50. The maximum absolute atomic E-state index is 9.02. The summed E-state index contributed by atoms with van der Waals surface area (Å²) in [6.45, 7) is 8.17. The summed E-state index contributed by atoms with van der Waals surface area (Å²) >= 11 is 0. The van der Waals surface area contributed by atoms with E-state index in [0.29, 0.717) is 75.5 Å². The first-order valence-corrected chi connectivity index (χ1v) is 21.5. The topological polar surface area (TPSA) is 132 Å². The number of hydrogen-bond acceptors (Lipinski definition) is 8. The molecule has 12 heteroatoms. The third kappa shape index (κ3) is 10.1. The van der Waals surface area contributed by atoms with E-state index in [0.717, 1.165) is 0 Å². The first-order chi connectivity index (χ1) is 15.1. The molecule has 0 aliphatic carbocycles. The minimum Gasteiger partial charge on any atom is -0.416 e. The predicted molar refractivity (Wildman–Crippen MR) is 129 cm³/mol. The Morgan fingerprint density at radius 1 is 0.438 bits per heavy atom. The highest BCUT2D eigenvalue weighted by molar-refractivity contribution is 6.93. The second-order valence-electron chi connectivity index (χ2n) is 8.99. The van der Waals surface area contributed by atoms with Gasteiger partial charge in [-0.3, -0.25) is 0 Å². The zero-order chi connectivity index (χ0) is 24.1. The van der Waals surface area contributed by atoms with Crippen molar-refractivity contribution in [3.05, 3.63) is 0 Å². The molecule has 1 heterocycles. The van der Waals surface area contributed by atoms with E-state index in [1.165, 1.54) is 0 Å². The van der Waals surface area contributed by atoms with Gasteiger partial charge >= 0.3 is 34.2 Å². The highest BCUT2D eigenvalue weighted by atomic mass is 28.5. The molecule has 0 aromatic rings. The molecule has 1 aliphatic rings. The van der Waals surface area contributed by atoms with Crippen molar-refractivity contribution in [1.29, 1.82) is 21.0 Å². The lowest BCUT2D eigenvalue weighted by Crippen LogP contribution is -2.67. The average Bonchev–Trinajstić information content (AvgIpc) is 2.67. The summed E-state index contributed by atoms with van der Waals surface area (Å²) in [4.78, 5) is 0. The molecule has 0 atom stereocenters. The molecule has 0 aromatic carbocycles. The molecule has 1 saturated heterocycles. The standard InChI is InChI=1S/C20H36N4O4Si4/c1-29(17-9-5-13-21)25-30(2,18-10-6-14-22)27-32(4,20-12-8-16-24)28-31(3,26-29)19-11-7-15-23/h5-12,17-20H2,1-4H3. The molecule has 0 N–H and O–H groups in total. The summed E-state index contributed by atoms with van der Waals surface area (Å²) < 4.78 is 27.3. The van der Waals surface area contributed by atoms with Crippen LogP contribution < -0.4 is 0 Å². The molecule has 0 saturated carbocycles. The number of rotatable bonds is 12. The van der Waals surface area contributed by atoms with Gasteiger partial charge < -0.3 is 16.5 Å². The van der Waals surface area contributed by atoms with Crippen LogP contribution in [0.4, 0.5) is 0 Å². The highest BCUT2D eigenvalue weighted by Crippen LogP contribution is 2.39. The fraction of sp³-hybridized carbons (Fsp3) is 0.800. The zero-order valence-electron chi connectivity index (χ0n) is 19.9. The van der Waals surface area contributed by atoms with Crippen molar-refractivity contribution in [2.45, 2.75) is 102 Å². The molecule has 1 rings (SSSR count). The molecular weight excluding hydrogens is 473 g/mol. The first kappa shape index (κ1) is 28.7. The maximum atomic E-state index is 9.02. The number of unbranched alkanes of at least 4 members (excludes halogenated alkanes) is 4. The second kappa shape index (κ2) is 13.4. The van der Waals surface area contributed by atoms with Crippen molar-refractivity contribution in [2.24, 2.45) is 0 Å². The van der Waals surface area contributed by atoms with Crippen LogP contribution in [0.25, 0.3) is 0 Å². The number of nitrogens with zero attached hydrogens (tertiary/aromatic N) is 4. The summed E-state index contributed by atoms with van der Waals surface area (Å²) in [6, 6.07) is 11.5. The Hall–Kier alpha value is -1.33. The molecule has 0 bridgehead atoms. The third-order valence-corrected chi connectivity index (χ3v) is 24.3. The van der Waals surface area contributed by atoms with Gasteiger partial charge in [-0.2, -0.15) is 21.0 Å². The molecular formula is C20H36N4O4Si4. The predicted octanol–water partition coefficient (Wildman–Crippen LogP) is 5.57. The Balaban J connectivity index is 3.28. The van der Waals surface area contributed by atoms with Crippen molar-refractivity contribution >= 4 is 34.2 Å². The largest absolute Gasteiger partial charge is 0.416 e. The number of nitriles is 4. The Kier molecular flexibility index (Phi) is 12.0. The Morgan fingerprint density at radius 2 is 0.625 bits per heavy atom. The minimum absolute atomic E-state index is 0.442. The number of hydrogen-bond donors (Lipinski definition) is 0. The van der Waals surface area contributed by atoms with Gasteiger partial charge in [0.05, 0.1) is 24.3 Å². The minimum atomic E-state index is -2.72. The molecule has 1 aliphatic heterocycles. The van der Waals surface area contributed by atoms with E-state index >= 15 is 0 Å². The van der Waals surface area contributed by atoms with Crippen LogP contribution in [0.2, 0.25) is 50.4 Å². The Labute approximate surface area is 197 Å². The van der Waals surface area contributed by atoms with Gasteiger partial charge in [0.15, 0.2) is 0 Å². The first-order valence-electron chi connectivity index (χ1n) is 11.4. The van der Waals surface area contributed by atoms with Crippen molar-refractivity contribution in [1.82, 2.24) is 0 Å². The van der Waals surface area contributed by atoms with Crippen LogP contribution in [0.3, 0.4) is 0 Å². The maximum Gasteiger partial charge on any atom is 0.317 e. The molecule has 1 fully saturated rings. The van der Waals surface area contributed by atoms with E-state index in [1.807, 2.05) is 26.2 Å². The van der Waals surface area contributed by atoms with E-state index in [2.05, 4.69) is 24.3 Å². The smallest absolute Gasteiger partial charge is 0.317 e. The monoisotopic (exact) mass is 508 g/mol. The summed E-state index contributed by atoms with van der Waals surface area (Å²) in [5.74, 6) is 0. The fourth-order valence-corrected chi connectivity index (χ4v) is 27.6. The SMILES string of the molecule is C[Si]1(CCCC#N)O[Si](C)(CCCC#N)O[Si](C)(CCCC#N)O[Si](C)(CCCC#N)O1. The Bertz CT molecular complexity index is 636. The molecule has 0 radical (unpaired) electrons. The quantitative estimate of drug-likeness (QED) is 0.247. The molecule has 0 spiro atoms. The van der Waals surface area contributed by atoms with Crippen molar-refractivity contribution in [2.75, 3.05) is 0 Å². The van der Waals surface area contributed by atoms with Gasteiger partial charge in [0, 0.05) is 25.7 Å². The van der Waals surface area contributed by atoms with E-state index in [9.17, 15) is 0 Å². The van der Waals surface area contributed by atoms with Crippen LogP contribution in [-0.2, 0) is 16.5 Å². The zero-order valence-corrected chi connectivity index (χ0v) is 23.9. The van der Waals surface area contributed by atoms with Gasteiger partial charge in [0.2, 0.25) is 0 Å². The van der Waals surface area contributed by atoms with Gasteiger partial charge in [0.1, 0.15) is 0 Å². The summed E-state index contributed by atoms with van der Waals surface area (Å²) in [5.41, 5.74) is 0. The normalized spacial score (nSPS) is 32.5. The van der Waals surface area contributed by atoms with Gasteiger partial charge in [0.25, 0.3) is 0 Å². The van der Waals surface area contributed by atoms with Crippen LogP contribution in [0, 0.1) is 45.3 Å². The second-order valence-corrected chi connectivity index (χ2v) is 23.3. The third-order valence-electron chi connectivity index (χ3n) is 5.41. The van der Waals surface area contributed by atoms with Crippen LogP contribution >= 0.6 is 0 Å². The van der Waals surface area contributed by atoms with E-state index in [1.54, 1.807) is 0 Å². The summed E-state index contributed by atoms with van der Waals surface area (Å²) in [6.07, 6.45) is 4.55. The van der Waals surface area contributed by atoms with Crippen LogP contribution in [-0.4, -0.2) is 34.2 Å². The molecule has 0 aromatic heterocycles. The van der Waals surface area contributed by atoms with Gasteiger partial charge in [-0.25, -0.2) is 0 Å². The van der Waals surface area contributed by atoms with Gasteiger partial charge in [-0.05, 0) is 76.0 Å². The Morgan fingerprint density at radius 3 is 0.781 bits per heavy atom. The highest BCUT2D eigenvalue weighted by Gasteiger charge is 2.56. The lowest BCUT2D eigenvalue weighted by molar-refractivity contribution is 0.221. The van der Waals surface area contributed by atoms with Crippen LogP contribution in [0.5, 0.6) is 0 Å². The summed E-state index contributed by atoms with van der Waals surface area (Å²) in [5, 5.41) is 36.1. The van der Waals surface area contributed by atoms with Crippen LogP contribution in [0.15, 0.2) is 0 Å². The van der Waals surface area contributed by atoms with Crippen molar-refractivity contribution in [3.8, 4) is 24.3 Å². The molecule has 176 valence electrons. The van der Waals surface area contributed by atoms with Crippen LogP contribution in [0.1, 0.15) is 51.4 Å². The van der Waals surface area contributed by atoms with Crippen molar-refractivity contribution in [3.63, 3.8) is 0 Å². The average molecular weight is 509 g/mol. The van der Waals surface area contributed by atoms with Crippen molar-refractivity contribution < 1.29 is 16.5 Å². The van der Waals surface area contributed by atoms with E-state index in [4.69, 9.17) is 37.5 Å². The lowest BCUT2D eigenvalue weighted by atomic mass is 10.4. The van der Waals surface area contributed by atoms with E-state index < -0.39 is 34.2 Å². The fourth-order valence-electron chi connectivity index (χ4n) is 4.27.